The molecular formula is C12H25BClNO2. The van der Waals surface area contributed by atoms with Crippen LogP contribution in [0.15, 0.2) is 0 Å². The summed E-state index contributed by atoms with van der Waals surface area (Å²) in [5.41, 5.74) is -0.584. The van der Waals surface area contributed by atoms with Crippen molar-refractivity contribution in [3.63, 3.8) is 0 Å². The highest BCUT2D eigenvalue weighted by atomic mass is 35.5. The Balaban J connectivity index is 2.79. The van der Waals surface area contributed by atoms with Gasteiger partial charge in [-0.25, -0.2) is 4.42 Å². The first-order chi connectivity index (χ1) is 7.57. The van der Waals surface area contributed by atoms with E-state index in [2.05, 4.69) is 41.5 Å². The molecule has 1 aliphatic rings. The van der Waals surface area contributed by atoms with Crippen LogP contribution in [0.3, 0.4) is 0 Å². The van der Waals surface area contributed by atoms with Crippen molar-refractivity contribution in [1.82, 2.24) is 4.42 Å². The van der Waals surface area contributed by atoms with Gasteiger partial charge in [0.1, 0.15) is 0 Å². The minimum Gasteiger partial charge on any atom is -0.402 e. The maximum atomic E-state index is 6.13. The van der Waals surface area contributed by atoms with Gasteiger partial charge in [0, 0.05) is 7.05 Å². The first kappa shape index (κ1) is 15.3. The number of hydrogen-bond acceptors (Lipinski definition) is 3. The zero-order chi connectivity index (χ0) is 13.4. The van der Waals surface area contributed by atoms with Crippen molar-refractivity contribution in [3.05, 3.63) is 0 Å². The maximum Gasteiger partial charge on any atom is 0.477 e. The monoisotopic (exact) mass is 261 g/mol. The second-order valence-electron chi connectivity index (χ2n) is 6.35. The van der Waals surface area contributed by atoms with Crippen LogP contribution in [0.4, 0.5) is 0 Å². The number of rotatable bonds is 4. The zero-order valence-electron chi connectivity index (χ0n) is 12.1. The van der Waals surface area contributed by atoms with Crippen molar-refractivity contribution >= 4 is 18.9 Å². The highest BCUT2D eigenvalue weighted by Gasteiger charge is 2.54. The molecule has 1 fully saturated rings. The van der Waals surface area contributed by atoms with E-state index in [1.54, 1.807) is 4.42 Å². The van der Waals surface area contributed by atoms with Gasteiger partial charge in [0.15, 0.2) is 0 Å². The zero-order valence-corrected chi connectivity index (χ0v) is 12.8. The highest BCUT2D eigenvalue weighted by molar-refractivity contribution is 6.48. The van der Waals surface area contributed by atoms with Crippen LogP contribution in [0.2, 0.25) is 0 Å². The molecule has 0 aromatic heterocycles. The number of halogens is 1. The van der Waals surface area contributed by atoms with Gasteiger partial charge in [0.05, 0.1) is 17.1 Å². The summed E-state index contributed by atoms with van der Waals surface area (Å²) in [7, 11) is 1.60. The lowest BCUT2D eigenvalue weighted by molar-refractivity contribution is 0.00578. The summed E-state index contributed by atoms with van der Waals surface area (Å²) in [4.78, 5) is 0. The normalized spacial score (nSPS) is 24.7. The standard InChI is InChI=1S/C12H25BClNO2/c1-9(2)8-10(15(7)14)13-16-11(3,4)12(5,6)17-13/h9-10H,8H2,1-7H3/t10-/m0/s1. The predicted octanol–water partition coefficient (Wildman–Crippen LogP) is 3.12. The molecule has 100 valence electrons. The lowest BCUT2D eigenvalue weighted by Gasteiger charge is -2.32. The molecule has 0 saturated carbocycles. The fourth-order valence-corrected chi connectivity index (χ4v) is 2.12. The van der Waals surface area contributed by atoms with Crippen LogP contribution in [0.25, 0.3) is 0 Å². The summed E-state index contributed by atoms with van der Waals surface area (Å²) in [5, 5.41) is 0. The first-order valence-electron chi connectivity index (χ1n) is 6.31. The van der Waals surface area contributed by atoms with E-state index in [-0.39, 0.29) is 24.3 Å². The van der Waals surface area contributed by atoms with Crippen molar-refractivity contribution in [2.45, 2.75) is 65.1 Å². The lowest BCUT2D eigenvalue weighted by atomic mass is 9.74. The summed E-state index contributed by atoms with van der Waals surface area (Å²) in [6.07, 6.45) is 0.955. The molecule has 0 aromatic rings. The molecule has 1 heterocycles. The molecule has 0 N–H and O–H groups in total. The average Bonchev–Trinajstić information content (AvgIpc) is 2.31. The van der Waals surface area contributed by atoms with E-state index in [0.717, 1.165) is 6.42 Å². The second-order valence-corrected chi connectivity index (χ2v) is 6.88. The van der Waals surface area contributed by atoms with Gasteiger partial charge in [0.2, 0.25) is 0 Å². The lowest BCUT2D eigenvalue weighted by Crippen LogP contribution is -2.43. The highest BCUT2D eigenvalue weighted by Crippen LogP contribution is 2.39. The smallest absolute Gasteiger partial charge is 0.402 e. The molecular weight excluding hydrogens is 236 g/mol. The van der Waals surface area contributed by atoms with Crippen LogP contribution in [0.1, 0.15) is 48.0 Å². The molecule has 1 atom stereocenters. The van der Waals surface area contributed by atoms with Crippen molar-refractivity contribution in [3.8, 4) is 0 Å². The third-order valence-electron chi connectivity index (χ3n) is 3.76. The van der Waals surface area contributed by atoms with Gasteiger partial charge in [-0.15, -0.1) is 0 Å². The van der Waals surface area contributed by atoms with Crippen LogP contribution in [0, 0.1) is 5.92 Å². The van der Waals surface area contributed by atoms with Crippen LogP contribution in [-0.2, 0) is 9.31 Å². The Morgan fingerprint density at radius 2 is 1.53 bits per heavy atom. The van der Waals surface area contributed by atoms with Crippen molar-refractivity contribution < 1.29 is 9.31 Å². The summed E-state index contributed by atoms with van der Waals surface area (Å²) in [5.74, 6) is 0.637. The van der Waals surface area contributed by atoms with Gasteiger partial charge in [0.25, 0.3) is 0 Å². The molecule has 0 aliphatic carbocycles. The molecule has 0 unspecified atom stereocenters. The van der Waals surface area contributed by atoms with E-state index in [9.17, 15) is 0 Å². The first-order valence-corrected chi connectivity index (χ1v) is 6.65. The molecule has 1 rings (SSSR count). The second kappa shape index (κ2) is 5.08. The SMILES string of the molecule is CC(C)C[C@@H](B1OC(C)(C)C(C)(C)O1)N(C)Cl. The maximum absolute atomic E-state index is 6.13. The molecule has 0 bridgehead atoms. The number of hydrogen-bond donors (Lipinski definition) is 0. The summed E-state index contributed by atoms with van der Waals surface area (Å²) in [6, 6.07) is 0. The summed E-state index contributed by atoms with van der Waals surface area (Å²) in [6.45, 7) is 12.6. The molecule has 1 aliphatic heterocycles. The van der Waals surface area contributed by atoms with Crippen LogP contribution < -0.4 is 0 Å². The van der Waals surface area contributed by atoms with E-state index >= 15 is 0 Å². The van der Waals surface area contributed by atoms with Gasteiger partial charge >= 0.3 is 7.12 Å². The van der Waals surface area contributed by atoms with E-state index < -0.39 is 0 Å². The van der Waals surface area contributed by atoms with Gasteiger partial charge in [-0.2, -0.15) is 0 Å². The van der Waals surface area contributed by atoms with Crippen LogP contribution >= 0.6 is 11.8 Å². The minimum absolute atomic E-state index is 0.0812. The molecule has 5 heteroatoms. The van der Waals surface area contributed by atoms with E-state index in [1.807, 2.05) is 7.05 Å². The third kappa shape index (κ3) is 3.37. The van der Waals surface area contributed by atoms with Crippen molar-refractivity contribution in [2.75, 3.05) is 7.05 Å². The van der Waals surface area contributed by atoms with Crippen molar-refractivity contribution in [1.29, 1.82) is 0 Å². The van der Waals surface area contributed by atoms with E-state index in [1.165, 1.54) is 0 Å². The minimum atomic E-state index is -0.292. The molecule has 1 saturated heterocycles. The van der Waals surface area contributed by atoms with Gasteiger partial charge in [-0.05, 0) is 51.8 Å². The Bertz CT molecular complexity index is 253. The Hall–Kier alpha value is 0.235. The van der Waals surface area contributed by atoms with E-state index in [0.29, 0.717) is 5.92 Å². The topological polar surface area (TPSA) is 21.7 Å². The van der Waals surface area contributed by atoms with E-state index in [4.69, 9.17) is 21.1 Å². The van der Waals surface area contributed by atoms with Gasteiger partial charge in [-0.3, -0.25) is 0 Å². The average molecular weight is 262 g/mol. The summed E-state index contributed by atoms with van der Waals surface area (Å²) < 4.78 is 13.8. The Morgan fingerprint density at radius 1 is 1.12 bits per heavy atom. The molecule has 3 nitrogen and oxygen atoms in total. The summed E-state index contributed by atoms with van der Waals surface area (Å²) >= 11 is 6.13. The van der Waals surface area contributed by atoms with Gasteiger partial charge in [-0.1, -0.05) is 13.8 Å². The van der Waals surface area contributed by atoms with Crippen molar-refractivity contribution in [2.24, 2.45) is 5.92 Å². The molecule has 17 heavy (non-hydrogen) atoms. The molecule has 0 aromatic carbocycles. The largest absolute Gasteiger partial charge is 0.477 e. The Morgan fingerprint density at radius 3 is 1.82 bits per heavy atom. The van der Waals surface area contributed by atoms with Crippen LogP contribution in [-0.4, -0.2) is 35.7 Å². The Kier molecular flexibility index (Phi) is 4.57. The Labute approximate surface area is 111 Å². The fourth-order valence-electron chi connectivity index (χ4n) is 1.95. The molecule has 0 amide bonds. The third-order valence-corrected chi connectivity index (χ3v) is 4.01. The number of nitrogens with zero attached hydrogens (tertiary/aromatic N) is 1. The van der Waals surface area contributed by atoms with Crippen LogP contribution in [0.5, 0.6) is 0 Å². The molecule has 0 radical (unpaired) electrons. The van der Waals surface area contributed by atoms with Gasteiger partial charge < -0.3 is 9.31 Å². The quantitative estimate of drug-likeness (QED) is 0.573. The predicted molar refractivity (Wildman–Crippen MR) is 72.9 cm³/mol. The fraction of sp³-hybridized carbons (Fsp3) is 1.00. The molecule has 0 spiro atoms.